The molecule has 1 aromatic carbocycles. The fraction of sp³-hybridized carbons (Fsp3) is 0.0909. The molecule has 0 unspecified atom stereocenters. The Morgan fingerprint density at radius 1 is 1.00 bits per heavy atom. The molecule has 110 valence electrons. The van der Waals surface area contributed by atoms with Gasteiger partial charge in [-0.3, -0.25) is 15.0 Å². The molecular weight excluding hydrogens is 291 g/mol. The third kappa shape index (κ3) is 3.78. The third-order valence-electron chi connectivity index (χ3n) is 2.33. The molecule has 0 spiro atoms. The third-order valence-corrected chi connectivity index (χ3v) is 2.33. The number of carbonyl (C=O) groups excluding carboxylic acids is 2. The normalized spacial score (nSPS) is 11.0. The molecule has 2 rings (SSSR count). The van der Waals surface area contributed by atoms with Crippen molar-refractivity contribution >= 4 is 17.5 Å². The van der Waals surface area contributed by atoms with Crippen molar-refractivity contribution in [1.29, 1.82) is 0 Å². The van der Waals surface area contributed by atoms with Gasteiger partial charge in [0.25, 0.3) is 0 Å². The zero-order valence-corrected chi connectivity index (χ0v) is 10.3. The van der Waals surface area contributed by atoms with Crippen LogP contribution in [0.15, 0.2) is 36.9 Å². The molecular formula is C11H8F3N5O2. The van der Waals surface area contributed by atoms with Gasteiger partial charge in [-0.05, 0) is 24.3 Å². The summed E-state index contributed by atoms with van der Waals surface area (Å²) in [6, 6.07) is 3.69. The van der Waals surface area contributed by atoms with Crippen LogP contribution in [0.2, 0.25) is 0 Å². The lowest BCUT2D eigenvalue weighted by Gasteiger charge is -2.09. The van der Waals surface area contributed by atoms with Crippen molar-refractivity contribution in [3.05, 3.63) is 42.5 Å². The van der Waals surface area contributed by atoms with E-state index in [9.17, 15) is 22.8 Å². The zero-order valence-electron chi connectivity index (χ0n) is 10.3. The second kappa shape index (κ2) is 5.61. The molecule has 2 amide bonds. The van der Waals surface area contributed by atoms with Gasteiger partial charge in [-0.25, -0.2) is 4.68 Å². The first-order chi connectivity index (χ1) is 9.86. The van der Waals surface area contributed by atoms with Crippen LogP contribution in [0.5, 0.6) is 0 Å². The number of rotatable bonds is 2. The van der Waals surface area contributed by atoms with E-state index in [0.29, 0.717) is 0 Å². The Morgan fingerprint density at radius 2 is 1.57 bits per heavy atom. The minimum absolute atomic E-state index is 0.0620. The molecule has 0 atom stereocenters. The Kier molecular flexibility index (Phi) is 3.87. The topological polar surface area (TPSA) is 88.9 Å². The molecule has 0 aliphatic rings. The SMILES string of the molecule is O=C(Nc1ccc(C(F)(F)F)cc1)C(=O)Nn1cnnc1. The first-order valence-electron chi connectivity index (χ1n) is 5.50. The number of aromatic nitrogens is 3. The molecule has 0 saturated carbocycles. The lowest BCUT2D eigenvalue weighted by Crippen LogP contribution is -2.33. The van der Waals surface area contributed by atoms with E-state index >= 15 is 0 Å². The summed E-state index contributed by atoms with van der Waals surface area (Å²) in [7, 11) is 0. The van der Waals surface area contributed by atoms with Crippen molar-refractivity contribution in [1.82, 2.24) is 14.9 Å². The summed E-state index contributed by atoms with van der Waals surface area (Å²) in [5.41, 5.74) is 1.35. The van der Waals surface area contributed by atoms with Crippen molar-refractivity contribution in [3.63, 3.8) is 0 Å². The first kappa shape index (κ1) is 14.5. The van der Waals surface area contributed by atoms with E-state index in [4.69, 9.17) is 0 Å². The molecule has 0 radical (unpaired) electrons. The number of amides is 2. The maximum atomic E-state index is 12.4. The Hall–Kier alpha value is -2.91. The van der Waals surface area contributed by atoms with Crippen LogP contribution in [0.25, 0.3) is 0 Å². The van der Waals surface area contributed by atoms with Crippen LogP contribution in [0.1, 0.15) is 5.56 Å². The van der Waals surface area contributed by atoms with Crippen molar-refractivity contribution in [3.8, 4) is 0 Å². The molecule has 10 heteroatoms. The first-order valence-corrected chi connectivity index (χ1v) is 5.50. The number of benzene rings is 1. The van der Waals surface area contributed by atoms with E-state index in [1.807, 2.05) is 0 Å². The average molecular weight is 299 g/mol. The number of hydrogen-bond acceptors (Lipinski definition) is 4. The van der Waals surface area contributed by atoms with Gasteiger partial charge >= 0.3 is 18.0 Å². The van der Waals surface area contributed by atoms with Gasteiger partial charge in [-0.15, -0.1) is 10.2 Å². The van der Waals surface area contributed by atoms with Gasteiger partial charge in [0, 0.05) is 5.69 Å². The number of anilines is 1. The van der Waals surface area contributed by atoms with E-state index in [-0.39, 0.29) is 5.69 Å². The lowest BCUT2D eigenvalue weighted by molar-refractivity contribution is -0.137. The number of nitrogens with zero attached hydrogens (tertiary/aromatic N) is 3. The highest BCUT2D eigenvalue weighted by molar-refractivity contribution is 6.42. The van der Waals surface area contributed by atoms with Crippen molar-refractivity contribution in [2.45, 2.75) is 6.18 Å². The number of hydrogen-bond donors (Lipinski definition) is 2. The molecule has 0 fully saturated rings. The van der Waals surface area contributed by atoms with Gasteiger partial charge in [0.2, 0.25) is 0 Å². The number of alkyl halides is 3. The number of halogens is 3. The Morgan fingerprint density at radius 3 is 2.10 bits per heavy atom. The van der Waals surface area contributed by atoms with Crippen LogP contribution in [-0.2, 0) is 15.8 Å². The van der Waals surface area contributed by atoms with Gasteiger partial charge in [-0.1, -0.05) is 0 Å². The Bertz CT molecular complexity index is 637. The van der Waals surface area contributed by atoms with Gasteiger partial charge in [0.1, 0.15) is 12.7 Å². The van der Waals surface area contributed by atoms with E-state index in [0.717, 1.165) is 41.6 Å². The molecule has 1 heterocycles. The smallest absolute Gasteiger partial charge is 0.318 e. The van der Waals surface area contributed by atoms with Crippen molar-refractivity contribution in [2.75, 3.05) is 10.7 Å². The second-order valence-corrected chi connectivity index (χ2v) is 3.84. The maximum absolute atomic E-state index is 12.4. The molecule has 2 aromatic rings. The highest BCUT2D eigenvalue weighted by atomic mass is 19.4. The van der Waals surface area contributed by atoms with Crippen LogP contribution >= 0.6 is 0 Å². The molecule has 1 aromatic heterocycles. The van der Waals surface area contributed by atoms with E-state index in [1.165, 1.54) is 0 Å². The zero-order chi connectivity index (χ0) is 15.5. The second-order valence-electron chi connectivity index (χ2n) is 3.84. The standard InChI is InChI=1S/C11H8F3N5O2/c12-11(13,14)7-1-3-8(4-2-7)17-9(20)10(21)18-19-5-15-16-6-19/h1-6H,(H,17,20)(H,18,21). The number of carbonyl (C=O) groups is 2. The molecule has 0 saturated heterocycles. The summed E-state index contributed by atoms with van der Waals surface area (Å²) in [6.45, 7) is 0. The largest absolute Gasteiger partial charge is 0.416 e. The highest BCUT2D eigenvalue weighted by Crippen LogP contribution is 2.29. The summed E-state index contributed by atoms with van der Waals surface area (Å²) in [5, 5.41) is 8.98. The van der Waals surface area contributed by atoms with E-state index < -0.39 is 23.6 Å². The summed E-state index contributed by atoms with van der Waals surface area (Å²) >= 11 is 0. The van der Waals surface area contributed by atoms with Crippen molar-refractivity contribution in [2.24, 2.45) is 0 Å². The Labute approximate surface area is 115 Å². The fourth-order valence-electron chi connectivity index (χ4n) is 1.36. The minimum atomic E-state index is -4.46. The maximum Gasteiger partial charge on any atom is 0.416 e. The minimum Gasteiger partial charge on any atom is -0.318 e. The van der Waals surface area contributed by atoms with Crippen LogP contribution in [0.4, 0.5) is 18.9 Å². The van der Waals surface area contributed by atoms with E-state index in [1.54, 1.807) is 0 Å². The highest BCUT2D eigenvalue weighted by Gasteiger charge is 2.30. The molecule has 7 nitrogen and oxygen atoms in total. The molecule has 0 bridgehead atoms. The summed E-state index contributed by atoms with van der Waals surface area (Å²) in [4.78, 5) is 23.0. The molecule has 21 heavy (non-hydrogen) atoms. The van der Waals surface area contributed by atoms with E-state index in [2.05, 4.69) is 20.9 Å². The average Bonchev–Trinajstić information content (AvgIpc) is 2.91. The molecule has 0 aliphatic heterocycles. The van der Waals surface area contributed by atoms with Gasteiger partial charge in [0.15, 0.2) is 0 Å². The van der Waals surface area contributed by atoms with Crippen LogP contribution in [0.3, 0.4) is 0 Å². The lowest BCUT2D eigenvalue weighted by atomic mass is 10.2. The van der Waals surface area contributed by atoms with Crippen LogP contribution < -0.4 is 10.7 Å². The predicted molar refractivity (Wildman–Crippen MR) is 64.5 cm³/mol. The summed E-state index contributed by atoms with van der Waals surface area (Å²) in [6.07, 6.45) is -2.15. The fourth-order valence-corrected chi connectivity index (χ4v) is 1.36. The Balaban J connectivity index is 1.98. The molecule has 0 aliphatic carbocycles. The quantitative estimate of drug-likeness (QED) is 0.810. The monoisotopic (exact) mass is 299 g/mol. The molecule has 2 N–H and O–H groups in total. The predicted octanol–water partition coefficient (Wildman–Crippen LogP) is 1.01. The van der Waals surface area contributed by atoms with Gasteiger partial charge in [-0.2, -0.15) is 13.2 Å². The number of nitrogens with one attached hydrogen (secondary N) is 2. The summed E-state index contributed by atoms with van der Waals surface area (Å²) < 4.78 is 38.1. The summed E-state index contributed by atoms with van der Waals surface area (Å²) in [5.74, 6) is -2.06. The van der Waals surface area contributed by atoms with Crippen LogP contribution in [0, 0.1) is 0 Å². The van der Waals surface area contributed by atoms with Crippen molar-refractivity contribution < 1.29 is 22.8 Å². The van der Waals surface area contributed by atoms with Gasteiger partial charge in [0.05, 0.1) is 5.56 Å². The van der Waals surface area contributed by atoms with Crippen LogP contribution in [-0.4, -0.2) is 26.7 Å². The van der Waals surface area contributed by atoms with Gasteiger partial charge < -0.3 is 5.32 Å².